The van der Waals surface area contributed by atoms with Crippen molar-refractivity contribution in [2.75, 3.05) is 13.2 Å². The van der Waals surface area contributed by atoms with Crippen LogP contribution in [0.1, 0.15) is 103 Å². The van der Waals surface area contributed by atoms with Crippen molar-refractivity contribution in [1.82, 2.24) is 0 Å². The van der Waals surface area contributed by atoms with Crippen LogP contribution >= 0.6 is 0 Å². The van der Waals surface area contributed by atoms with Gasteiger partial charge in [0.2, 0.25) is 0 Å². The lowest BCUT2D eigenvalue weighted by atomic mass is 10.0. The molecular formula is C29H42O2. The Kier molecular flexibility index (Phi) is 12.9. The highest BCUT2D eigenvalue weighted by Crippen LogP contribution is 2.28. The largest absolute Gasteiger partial charge is 0.494 e. The zero-order valence-corrected chi connectivity index (χ0v) is 20.1. The van der Waals surface area contributed by atoms with Crippen molar-refractivity contribution in [3.05, 3.63) is 42.0 Å². The summed E-state index contributed by atoms with van der Waals surface area (Å²) in [6, 6.07) is 13.1. The molecular weight excluding hydrogens is 380 g/mol. The van der Waals surface area contributed by atoms with Crippen LogP contribution in [0.4, 0.5) is 0 Å². The van der Waals surface area contributed by atoms with Crippen molar-refractivity contribution in [1.29, 1.82) is 0 Å². The van der Waals surface area contributed by atoms with E-state index < -0.39 is 0 Å². The van der Waals surface area contributed by atoms with Crippen LogP contribution in [0.2, 0.25) is 0 Å². The van der Waals surface area contributed by atoms with E-state index in [1.807, 2.05) is 6.92 Å². The first kappa shape index (κ1) is 25.3. The number of hydrogen-bond acceptors (Lipinski definition) is 2. The minimum atomic E-state index is 0.144. The standard InChI is InChI=1S/C29H42O2/c1-4-7-9-10-11-12-13-15-21-30-28-20-19-25-23-27(18-17-26(25)24-28)29(16-6-3)31-22-14-8-5-2/h17-20,23-24,29H,4,6-7,9-16,21-22H2,1-3H3. The summed E-state index contributed by atoms with van der Waals surface area (Å²) in [6.07, 6.45) is 13.7. The predicted octanol–water partition coefficient (Wildman–Crippen LogP) is 8.63. The van der Waals surface area contributed by atoms with Crippen molar-refractivity contribution in [2.24, 2.45) is 0 Å². The molecule has 0 radical (unpaired) electrons. The van der Waals surface area contributed by atoms with E-state index >= 15 is 0 Å². The van der Waals surface area contributed by atoms with Gasteiger partial charge in [-0.2, -0.15) is 0 Å². The van der Waals surface area contributed by atoms with E-state index in [1.165, 1.54) is 61.3 Å². The van der Waals surface area contributed by atoms with Gasteiger partial charge in [-0.3, -0.25) is 0 Å². The second-order valence-electron chi connectivity index (χ2n) is 8.42. The third-order valence-electron chi connectivity index (χ3n) is 5.75. The third kappa shape index (κ3) is 9.79. The van der Waals surface area contributed by atoms with Gasteiger partial charge in [-0.15, -0.1) is 11.8 Å². The lowest BCUT2D eigenvalue weighted by Gasteiger charge is -2.18. The number of hydrogen-bond donors (Lipinski definition) is 0. The van der Waals surface area contributed by atoms with E-state index in [0.29, 0.717) is 6.61 Å². The summed E-state index contributed by atoms with van der Waals surface area (Å²) in [5.74, 6) is 6.99. The second-order valence-corrected chi connectivity index (χ2v) is 8.42. The molecule has 1 atom stereocenters. The first-order valence-corrected chi connectivity index (χ1v) is 12.5. The van der Waals surface area contributed by atoms with Crippen molar-refractivity contribution < 1.29 is 9.47 Å². The van der Waals surface area contributed by atoms with E-state index in [2.05, 4.69) is 62.1 Å². The van der Waals surface area contributed by atoms with E-state index in [0.717, 1.165) is 38.0 Å². The Labute approximate surface area is 190 Å². The van der Waals surface area contributed by atoms with Gasteiger partial charge in [0.25, 0.3) is 0 Å². The van der Waals surface area contributed by atoms with Gasteiger partial charge in [0.1, 0.15) is 5.75 Å². The highest BCUT2D eigenvalue weighted by Gasteiger charge is 2.12. The summed E-state index contributed by atoms with van der Waals surface area (Å²) < 4.78 is 12.1. The summed E-state index contributed by atoms with van der Waals surface area (Å²) in [5.41, 5.74) is 1.26. The molecule has 0 amide bonds. The zero-order chi connectivity index (χ0) is 22.2. The Balaban J connectivity index is 1.82. The van der Waals surface area contributed by atoms with Crippen molar-refractivity contribution in [2.45, 2.75) is 97.5 Å². The topological polar surface area (TPSA) is 18.5 Å². The molecule has 2 aromatic carbocycles. The Morgan fingerprint density at radius 3 is 2.23 bits per heavy atom. The van der Waals surface area contributed by atoms with Gasteiger partial charge in [-0.05, 0) is 54.3 Å². The predicted molar refractivity (Wildman–Crippen MR) is 134 cm³/mol. The van der Waals surface area contributed by atoms with E-state index in [9.17, 15) is 0 Å². The molecule has 0 heterocycles. The van der Waals surface area contributed by atoms with Crippen LogP contribution in [0.3, 0.4) is 0 Å². The summed E-state index contributed by atoms with van der Waals surface area (Å²) in [7, 11) is 0. The minimum absolute atomic E-state index is 0.144. The lowest BCUT2D eigenvalue weighted by molar-refractivity contribution is 0.0502. The monoisotopic (exact) mass is 422 g/mol. The van der Waals surface area contributed by atoms with Gasteiger partial charge in [-0.25, -0.2) is 0 Å². The van der Waals surface area contributed by atoms with Gasteiger partial charge in [0.15, 0.2) is 0 Å². The zero-order valence-electron chi connectivity index (χ0n) is 20.1. The molecule has 2 aromatic rings. The van der Waals surface area contributed by atoms with Crippen LogP contribution in [0, 0.1) is 11.8 Å². The van der Waals surface area contributed by atoms with Crippen molar-refractivity contribution in [3.63, 3.8) is 0 Å². The summed E-state index contributed by atoms with van der Waals surface area (Å²) in [5, 5.41) is 2.47. The van der Waals surface area contributed by atoms with Gasteiger partial charge in [0.05, 0.1) is 19.3 Å². The number of fused-ring (bicyclic) bond motifs is 1. The van der Waals surface area contributed by atoms with E-state index in [4.69, 9.17) is 9.47 Å². The maximum absolute atomic E-state index is 6.13. The molecule has 170 valence electrons. The molecule has 0 N–H and O–H groups in total. The lowest BCUT2D eigenvalue weighted by Crippen LogP contribution is -2.05. The molecule has 0 aliphatic rings. The molecule has 0 bridgehead atoms. The highest BCUT2D eigenvalue weighted by atomic mass is 16.5. The van der Waals surface area contributed by atoms with E-state index in [1.54, 1.807) is 0 Å². The summed E-state index contributed by atoms with van der Waals surface area (Å²) in [6.45, 7) is 7.85. The molecule has 1 unspecified atom stereocenters. The molecule has 0 aromatic heterocycles. The summed E-state index contributed by atoms with van der Waals surface area (Å²) in [4.78, 5) is 0. The fourth-order valence-corrected chi connectivity index (χ4v) is 3.94. The molecule has 0 fully saturated rings. The molecule has 2 heteroatoms. The molecule has 0 spiro atoms. The van der Waals surface area contributed by atoms with Crippen LogP contribution in [-0.2, 0) is 4.74 Å². The molecule has 0 saturated heterocycles. The Morgan fingerprint density at radius 2 is 1.48 bits per heavy atom. The third-order valence-corrected chi connectivity index (χ3v) is 5.75. The SMILES string of the molecule is CC#CCCOC(CCC)c1ccc2cc(OCCCCCCCCCC)ccc2c1. The number of benzene rings is 2. The molecule has 0 saturated carbocycles. The van der Waals surface area contributed by atoms with Crippen LogP contribution < -0.4 is 4.74 Å². The van der Waals surface area contributed by atoms with Gasteiger partial charge >= 0.3 is 0 Å². The second kappa shape index (κ2) is 15.8. The molecule has 2 rings (SSSR count). The van der Waals surface area contributed by atoms with Crippen LogP contribution in [0.15, 0.2) is 36.4 Å². The minimum Gasteiger partial charge on any atom is -0.494 e. The fourth-order valence-electron chi connectivity index (χ4n) is 3.94. The average molecular weight is 423 g/mol. The van der Waals surface area contributed by atoms with Gasteiger partial charge in [0, 0.05) is 6.42 Å². The number of unbranched alkanes of at least 4 members (excludes halogenated alkanes) is 7. The Bertz CT molecular complexity index is 799. The van der Waals surface area contributed by atoms with Crippen molar-refractivity contribution in [3.8, 4) is 17.6 Å². The first-order chi connectivity index (χ1) is 15.3. The molecule has 0 aliphatic carbocycles. The smallest absolute Gasteiger partial charge is 0.119 e. The highest BCUT2D eigenvalue weighted by molar-refractivity contribution is 5.84. The van der Waals surface area contributed by atoms with Crippen molar-refractivity contribution >= 4 is 10.8 Å². The average Bonchev–Trinajstić information content (AvgIpc) is 2.79. The summed E-state index contributed by atoms with van der Waals surface area (Å²) >= 11 is 0. The maximum Gasteiger partial charge on any atom is 0.119 e. The van der Waals surface area contributed by atoms with Crippen LogP contribution in [-0.4, -0.2) is 13.2 Å². The molecule has 2 nitrogen and oxygen atoms in total. The number of ether oxygens (including phenoxy) is 2. The van der Waals surface area contributed by atoms with Gasteiger partial charge < -0.3 is 9.47 Å². The molecule has 31 heavy (non-hydrogen) atoms. The quantitative estimate of drug-likeness (QED) is 0.199. The van der Waals surface area contributed by atoms with E-state index in [-0.39, 0.29) is 6.10 Å². The van der Waals surface area contributed by atoms with Crippen LogP contribution in [0.5, 0.6) is 5.75 Å². The van der Waals surface area contributed by atoms with Crippen LogP contribution in [0.25, 0.3) is 10.8 Å². The first-order valence-electron chi connectivity index (χ1n) is 12.5. The molecule has 0 aliphatic heterocycles. The number of rotatable bonds is 16. The fraction of sp³-hybridized carbons (Fsp3) is 0.586. The Hall–Kier alpha value is -1.98. The maximum atomic E-state index is 6.13. The normalized spacial score (nSPS) is 11.8. The van der Waals surface area contributed by atoms with Gasteiger partial charge in [-0.1, -0.05) is 83.4 Å². The Morgan fingerprint density at radius 1 is 0.774 bits per heavy atom.